The van der Waals surface area contributed by atoms with Crippen molar-refractivity contribution in [2.45, 2.75) is 12.5 Å². The molecule has 0 saturated heterocycles. The van der Waals surface area contributed by atoms with Crippen LogP contribution in [0.3, 0.4) is 0 Å². The highest BCUT2D eigenvalue weighted by Gasteiger charge is 2.34. The molecule has 150 valence electrons. The molecule has 30 heavy (non-hydrogen) atoms. The lowest BCUT2D eigenvalue weighted by molar-refractivity contribution is -0.135. The third-order valence-corrected chi connectivity index (χ3v) is 6.20. The molecule has 0 spiro atoms. The number of halogens is 1. The van der Waals surface area contributed by atoms with E-state index in [1.54, 1.807) is 17.6 Å². The van der Waals surface area contributed by atoms with Crippen molar-refractivity contribution < 1.29 is 13.9 Å². The van der Waals surface area contributed by atoms with Gasteiger partial charge in [-0.3, -0.25) is 4.79 Å². The third kappa shape index (κ3) is 3.61. The molecule has 1 aromatic carbocycles. The fourth-order valence-corrected chi connectivity index (χ4v) is 4.52. The molecular weight excluding hydrogens is 468 g/mol. The minimum absolute atomic E-state index is 0.183. The van der Waals surface area contributed by atoms with E-state index in [4.69, 9.17) is 9.15 Å². The van der Waals surface area contributed by atoms with Gasteiger partial charge in [0.15, 0.2) is 6.61 Å². The van der Waals surface area contributed by atoms with E-state index in [1.165, 1.54) is 11.3 Å². The summed E-state index contributed by atoms with van der Waals surface area (Å²) in [5, 5.41) is 8.76. The fourth-order valence-electron chi connectivity index (χ4n) is 3.35. The second kappa shape index (κ2) is 8.00. The van der Waals surface area contributed by atoms with Crippen molar-refractivity contribution in [2.75, 3.05) is 6.61 Å². The summed E-state index contributed by atoms with van der Waals surface area (Å²) >= 11 is 5.04. The van der Waals surface area contributed by atoms with Gasteiger partial charge < -0.3 is 9.15 Å². The van der Waals surface area contributed by atoms with Crippen molar-refractivity contribution in [3.05, 3.63) is 75.5 Å². The van der Waals surface area contributed by atoms with Crippen LogP contribution in [0.15, 0.2) is 74.4 Å². The summed E-state index contributed by atoms with van der Waals surface area (Å²) in [7, 11) is 0. The SMILES string of the molecule is O=C(COc1ncnc2ccc(Br)cc12)N1N=C(c2ccco2)CC1c1cccs1. The predicted molar refractivity (Wildman–Crippen MR) is 117 cm³/mol. The summed E-state index contributed by atoms with van der Waals surface area (Å²) in [6, 6.07) is 13.1. The Morgan fingerprint density at radius 2 is 2.20 bits per heavy atom. The van der Waals surface area contributed by atoms with Crippen molar-refractivity contribution in [3.63, 3.8) is 0 Å². The lowest BCUT2D eigenvalue weighted by Crippen LogP contribution is -2.31. The molecule has 0 saturated carbocycles. The largest absolute Gasteiger partial charge is 0.467 e. The van der Waals surface area contributed by atoms with Gasteiger partial charge in [0, 0.05) is 15.8 Å². The number of hydrazone groups is 1. The zero-order valence-electron chi connectivity index (χ0n) is 15.6. The Balaban J connectivity index is 1.39. The standard InChI is InChI=1S/C21H15BrN4O3S/c22-13-5-6-15-14(9-13)21(24-12-23-15)29-11-20(27)26-17(19-4-2-8-30-19)10-16(25-26)18-3-1-7-28-18/h1-9,12,17H,10-11H2. The summed E-state index contributed by atoms with van der Waals surface area (Å²) in [6.45, 7) is -0.185. The first-order valence-electron chi connectivity index (χ1n) is 9.19. The van der Waals surface area contributed by atoms with E-state index < -0.39 is 0 Å². The summed E-state index contributed by atoms with van der Waals surface area (Å²) in [4.78, 5) is 22.5. The van der Waals surface area contributed by atoms with E-state index in [0.29, 0.717) is 18.1 Å². The van der Waals surface area contributed by atoms with E-state index in [1.807, 2.05) is 47.8 Å². The van der Waals surface area contributed by atoms with Crippen molar-refractivity contribution in [2.24, 2.45) is 5.10 Å². The lowest BCUT2D eigenvalue weighted by Gasteiger charge is -2.20. The Morgan fingerprint density at radius 3 is 3.00 bits per heavy atom. The highest BCUT2D eigenvalue weighted by Crippen LogP contribution is 2.35. The summed E-state index contributed by atoms with van der Waals surface area (Å²) in [5.41, 5.74) is 1.48. The Hall–Kier alpha value is -3.04. The van der Waals surface area contributed by atoms with Gasteiger partial charge in [-0.1, -0.05) is 22.0 Å². The number of nitrogens with zero attached hydrogens (tertiary/aromatic N) is 4. The van der Waals surface area contributed by atoms with Crippen molar-refractivity contribution in [3.8, 4) is 5.88 Å². The van der Waals surface area contributed by atoms with Crippen LogP contribution in [0.25, 0.3) is 10.9 Å². The molecule has 1 amide bonds. The zero-order valence-corrected chi connectivity index (χ0v) is 18.0. The molecular formula is C21H15BrN4O3S. The monoisotopic (exact) mass is 482 g/mol. The number of thiophene rings is 1. The van der Waals surface area contributed by atoms with Crippen LogP contribution in [-0.2, 0) is 4.79 Å². The fraction of sp³-hybridized carbons (Fsp3) is 0.143. The summed E-state index contributed by atoms with van der Waals surface area (Å²) < 4.78 is 12.2. The molecule has 3 aromatic heterocycles. The molecule has 0 bridgehead atoms. The first kappa shape index (κ1) is 19.0. The molecule has 0 N–H and O–H groups in total. The van der Waals surface area contributed by atoms with E-state index in [2.05, 4.69) is 31.0 Å². The molecule has 0 aliphatic carbocycles. The quantitative estimate of drug-likeness (QED) is 0.407. The van der Waals surface area contributed by atoms with Crippen LogP contribution in [0, 0.1) is 0 Å². The van der Waals surface area contributed by atoms with Gasteiger partial charge in [-0.05, 0) is 41.8 Å². The summed E-state index contributed by atoms with van der Waals surface area (Å²) in [6.07, 6.45) is 3.61. The first-order valence-corrected chi connectivity index (χ1v) is 10.9. The lowest BCUT2D eigenvalue weighted by atomic mass is 10.1. The number of furan rings is 1. The van der Waals surface area contributed by atoms with Crippen molar-refractivity contribution in [1.82, 2.24) is 15.0 Å². The maximum Gasteiger partial charge on any atom is 0.281 e. The number of hydrogen-bond donors (Lipinski definition) is 0. The van der Waals surface area contributed by atoms with E-state index in [0.717, 1.165) is 26.0 Å². The van der Waals surface area contributed by atoms with Crippen LogP contribution in [0.2, 0.25) is 0 Å². The number of aromatic nitrogens is 2. The molecule has 9 heteroatoms. The van der Waals surface area contributed by atoms with E-state index >= 15 is 0 Å². The molecule has 4 aromatic rings. The molecule has 1 aliphatic rings. The van der Waals surface area contributed by atoms with Crippen LogP contribution >= 0.6 is 27.3 Å². The van der Waals surface area contributed by atoms with Crippen LogP contribution in [0.4, 0.5) is 0 Å². The second-order valence-electron chi connectivity index (χ2n) is 6.63. The average Bonchev–Trinajstić information content (AvgIpc) is 3.52. The van der Waals surface area contributed by atoms with Gasteiger partial charge in [0.25, 0.3) is 5.91 Å². The number of benzene rings is 1. The minimum atomic E-state index is -0.253. The zero-order chi connectivity index (χ0) is 20.5. The summed E-state index contributed by atoms with van der Waals surface area (Å²) in [5.74, 6) is 0.771. The second-order valence-corrected chi connectivity index (χ2v) is 8.52. The van der Waals surface area contributed by atoms with E-state index in [9.17, 15) is 4.79 Å². The first-order chi connectivity index (χ1) is 14.7. The number of ether oxygens (including phenoxy) is 1. The van der Waals surface area contributed by atoms with Gasteiger partial charge in [0.05, 0.1) is 23.2 Å². The van der Waals surface area contributed by atoms with Gasteiger partial charge in [-0.25, -0.2) is 15.0 Å². The number of carbonyl (C=O) groups is 1. The van der Waals surface area contributed by atoms with Crippen molar-refractivity contribution in [1.29, 1.82) is 0 Å². The maximum atomic E-state index is 13.1. The van der Waals surface area contributed by atoms with Gasteiger partial charge in [-0.15, -0.1) is 11.3 Å². The number of amides is 1. The predicted octanol–water partition coefficient (Wildman–Crippen LogP) is 4.80. The number of carbonyl (C=O) groups excluding carboxylic acids is 1. The minimum Gasteiger partial charge on any atom is -0.467 e. The topological polar surface area (TPSA) is 80.8 Å². The van der Waals surface area contributed by atoms with Gasteiger partial charge in [-0.2, -0.15) is 5.10 Å². The normalized spacial score (nSPS) is 16.1. The molecule has 1 aliphatic heterocycles. The smallest absolute Gasteiger partial charge is 0.281 e. The molecule has 5 rings (SSSR count). The molecule has 1 atom stereocenters. The van der Waals surface area contributed by atoms with Crippen LogP contribution in [0.5, 0.6) is 5.88 Å². The van der Waals surface area contributed by atoms with Gasteiger partial charge >= 0.3 is 0 Å². The van der Waals surface area contributed by atoms with Crippen molar-refractivity contribution >= 4 is 49.8 Å². The highest BCUT2D eigenvalue weighted by atomic mass is 79.9. The van der Waals surface area contributed by atoms with Crippen LogP contribution in [-0.4, -0.2) is 33.2 Å². The Bertz CT molecular complexity index is 1220. The van der Waals surface area contributed by atoms with E-state index in [-0.39, 0.29) is 18.6 Å². The molecule has 0 fully saturated rings. The van der Waals surface area contributed by atoms with Gasteiger partial charge in [0.1, 0.15) is 17.8 Å². The van der Waals surface area contributed by atoms with Crippen LogP contribution in [0.1, 0.15) is 23.1 Å². The Kier molecular flexibility index (Phi) is 5.06. The Labute approximate surface area is 184 Å². The molecule has 7 nitrogen and oxygen atoms in total. The number of rotatable bonds is 5. The molecule has 1 unspecified atom stereocenters. The Morgan fingerprint density at radius 1 is 1.27 bits per heavy atom. The number of fused-ring (bicyclic) bond motifs is 1. The maximum absolute atomic E-state index is 13.1. The number of hydrogen-bond acceptors (Lipinski definition) is 7. The van der Waals surface area contributed by atoms with Crippen LogP contribution < -0.4 is 4.74 Å². The average molecular weight is 483 g/mol. The van der Waals surface area contributed by atoms with Gasteiger partial charge in [0.2, 0.25) is 5.88 Å². The highest BCUT2D eigenvalue weighted by molar-refractivity contribution is 9.10. The molecule has 4 heterocycles. The third-order valence-electron chi connectivity index (χ3n) is 4.74. The molecule has 0 radical (unpaired) electrons.